The highest BCUT2D eigenvalue weighted by Gasteiger charge is 2.33. The quantitative estimate of drug-likeness (QED) is 0.600. The van der Waals surface area contributed by atoms with E-state index in [-0.39, 0.29) is 23.8 Å². The molecule has 1 aliphatic heterocycles. The smallest absolute Gasteiger partial charge is 0.507 e. The van der Waals surface area contributed by atoms with Crippen LogP contribution in [0.3, 0.4) is 0 Å². The molecule has 1 amide bonds. The number of piperidine rings is 1. The fourth-order valence-corrected chi connectivity index (χ4v) is 4.80. The average molecular weight is 466 g/mol. The van der Waals surface area contributed by atoms with Crippen LogP contribution in [0.25, 0.3) is 0 Å². The standard InChI is InChI=1S/C25H30F3NO4/c1-15-8-16(2)14-29(13-15)23(31)12-21(24-17(3)9-20(32-4)11-22(24)30)18-6-5-7-19(10-18)33-25(26,27)28/h5-7,9-11,15-16,21,30H,8,12-14H2,1-4H3. The lowest BCUT2D eigenvalue weighted by Gasteiger charge is -2.36. The van der Waals surface area contributed by atoms with Crippen LogP contribution in [0.15, 0.2) is 36.4 Å². The van der Waals surface area contributed by atoms with Gasteiger partial charge >= 0.3 is 6.36 Å². The number of amides is 1. The summed E-state index contributed by atoms with van der Waals surface area (Å²) in [6.45, 7) is 7.26. The highest BCUT2D eigenvalue weighted by molar-refractivity contribution is 5.78. The third-order valence-electron chi connectivity index (χ3n) is 6.02. The van der Waals surface area contributed by atoms with Crippen molar-refractivity contribution in [2.24, 2.45) is 11.8 Å². The molecule has 8 heteroatoms. The number of hydrogen-bond donors (Lipinski definition) is 1. The molecular formula is C25H30F3NO4. The molecule has 2 aromatic rings. The van der Waals surface area contributed by atoms with Crippen LogP contribution in [0.5, 0.6) is 17.2 Å². The van der Waals surface area contributed by atoms with Crippen molar-refractivity contribution in [3.63, 3.8) is 0 Å². The average Bonchev–Trinajstić information content (AvgIpc) is 2.70. The zero-order valence-electron chi connectivity index (χ0n) is 19.3. The van der Waals surface area contributed by atoms with Crippen molar-refractivity contribution in [1.29, 1.82) is 0 Å². The molecule has 2 aromatic carbocycles. The first-order valence-corrected chi connectivity index (χ1v) is 11.0. The van der Waals surface area contributed by atoms with E-state index in [2.05, 4.69) is 18.6 Å². The number of phenols is 1. The Morgan fingerprint density at radius 1 is 1.15 bits per heavy atom. The van der Waals surface area contributed by atoms with E-state index in [4.69, 9.17) is 4.74 Å². The fourth-order valence-electron chi connectivity index (χ4n) is 4.80. The molecule has 1 saturated heterocycles. The van der Waals surface area contributed by atoms with Gasteiger partial charge in [0.1, 0.15) is 17.2 Å². The van der Waals surface area contributed by atoms with E-state index in [9.17, 15) is 23.1 Å². The van der Waals surface area contributed by atoms with E-state index in [0.717, 1.165) is 6.42 Å². The molecule has 1 N–H and O–H groups in total. The van der Waals surface area contributed by atoms with Crippen LogP contribution >= 0.6 is 0 Å². The molecule has 0 aliphatic carbocycles. The van der Waals surface area contributed by atoms with E-state index in [1.807, 2.05) is 4.90 Å². The minimum Gasteiger partial charge on any atom is -0.507 e. The van der Waals surface area contributed by atoms with Crippen LogP contribution in [-0.2, 0) is 4.79 Å². The van der Waals surface area contributed by atoms with Crippen molar-refractivity contribution < 1.29 is 32.5 Å². The molecule has 3 atom stereocenters. The lowest BCUT2D eigenvalue weighted by atomic mass is 9.84. The van der Waals surface area contributed by atoms with Crippen molar-refractivity contribution in [3.05, 3.63) is 53.1 Å². The Bertz CT molecular complexity index is 959. The Morgan fingerprint density at radius 2 is 1.82 bits per heavy atom. The second-order valence-corrected chi connectivity index (χ2v) is 9.00. The van der Waals surface area contributed by atoms with E-state index in [0.29, 0.717) is 47.4 Å². The monoisotopic (exact) mass is 465 g/mol. The van der Waals surface area contributed by atoms with Crippen molar-refractivity contribution in [1.82, 2.24) is 4.90 Å². The third kappa shape index (κ3) is 6.33. The molecule has 33 heavy (non-hydrogen) atoms. The molecule has 180 valence electrons. The molecule has 0 bridgehead atoms. The Kier molecular flexibility index (Phi) is 7.44. The Balaban J connectivity index is 2.01. The maximum atomic E-state index is 13.3. The lowest BCUT2D eigenvalue weighted by molar-refractivity contribution is -0.274. The minimum absolute atomic E-state index is 0.00956. The van der Waals surface area contributed by atoms with Crippen LogP contribution in [0.4, 0.5) is 13.2 Å². The summed E-state index contributed by atoms with van der Waals surface area (Å²) in [6.07, 6.45) is -3.78. The Labute approximate surface area is 192 Å². The summed E-state index contributed by atoms with van der Waals surface area (Å²) >= 11 is 0. The van der Waals surface area contributed by atoms with Gasteiger partial charge in [0.05, 0.1) is 7.11 Å². The number of halogens is 3. The molecule has 0 spiro atoms. The summed E-state index contributed by atoms with van der Waals surface area (Å²) in [4.78, 5) is 15.1. The van der Waals surface area contributed by atoms with E-state index < -0.39 is 12.3 Å². The first kappa shape index (κ1) is 24.7. The van der Waals surface area contributed by atoms with Crippen molar-refractivity contribution in [3.8, 4) is 17.2 Å². The number of rotatable bonds is 6. The van der Waals surface area contributed by atoms with E-state index >= 15 is 0 Å². The number of likely N-dealkylation sites (tertiary alicyclic amines) is 1. The fraction of sp³-hybridized carbons (Fsp3) is 0.480. The number of benzene rings is 2. The van der Waals surface area contributed by atoms with Gasteiger partial charge < -0.3 is 19.5 Å². The number of carbonyl (C=O) groups is 1. The van der Waals surface area contributed by atoms with Gasteiger partial charge in [-0.15, -0.1) is 13.2 Å². The Morgan fingerprint density at radius 3 is 2.39 bits per heavy atom. The van der Waals surface area contributed by atoms with Crippen LogP contribution in [0, 0.1) is 18.8 Å². The van der Waals surface area contributed by atoms with Crippen LogP contribution in [-0.4, -0.2) is 42.5 Å². The van der Waals surface area contributed by atoms with Gasteiger partial charge in [0, 0.05) is 37.1 Å². The number of phenolic OH excluding ortho intramolecular Hbond substituents is 1. The highest BCUT2D eigenvalue weighted by Crippen LogP contribution is 2.40. The summed E-state index contributed by atoms with van der Waals surface area (Å²) < 4.78 is 47.7. The summed E-state index contributed by atoms with van der Waals surface area (Å²) in [6, 6.07) is 8.76. The molecule has 5 nitrogen and oxygen atoms in total. The van der Waals surface area contributed by atoms with Crippen molar-refractivity contribution in [2.45, 2.75) is 45.9 Å². The second kappa shape index (κ2) is 9.93. The SMILES string of the molecule is COc1cc(C)c(C(CC(=O)N2CC(C)CC(C)C2)c2cccc(OC(F)(F)F)c2)c(O)c1. The number of nitrogens with zero attached hydrogens (tertiary/aromatic N) is 1. The number of methoxy groups -OCH3 is 1. The van der Waals surface area contributed by atoms with Gasteiger partial charge in [-0.05, 0) is 54.5 Å². The minimum atomic E-state index is -4.83. The highest BCUT2D eigenvalue weighted by atomic mass is 19.4. The molecule has 3 rings (SSSR count). The zero-order valence-corrected chi connectivity index (χ0v) is 19.3. The predicted octanol–water partition coefficient (Wildman–Crippen LogP) is 5.63. The molecule has 1 aliphatic rings. The number of ether oxygens (including phenoxy) is 2. The maximum Gasteiger partial charge on any atom is 0.573 e. The topological polar surface area (TPSA) is 59.0 Å². The molecule has 0 aromatic heterocycles. The van der Waals surface area contributed by atoms with Gasteiger partial charge in [0.25, 0.3) is 0 Å². The molecule has 0 radical (unpaired) electrons. The van der Waals surface area contributed by atoms with Gasteiger partial charge in [0.15, 0.2) is 0 Å². The Hall–Kier alpha value is -2.90. The largest absolute Gasteiger partial charge is 0.573 e. The molecule has 3 unspecified atom stereocenters. The van der Waals surface area contributed by atoms with Crippen LogP contribution in [0.1, 0.15) is 49.3 Å². The van der Waals surface area contributed by atoms with E-state index in [1.54, 1.807) is 19.1 Å². The van der Waals surface area contributed by atoms with Crippen molar-refractivity contribution >= 4 is 5.91 Å². The maximum absolute atomic E-state index is 13.3. The van der Waals surface area contributed by atoms with Gasteiger partial charge in [-0.2, -0.15) is 0 Å². The first-order valence-electron chi connectivity index (χ1n) is 11.0. The number of alkyl halides is 3. The molecule has 0 saturated carbocycles. The van der Waals surface area contributed by atoms with Crippen LogP contribution < -0.4 is 9.47 Å². The number of carbonyl (C=O) groups excluding carboxylic acids is 1. The normalized spacial score (nSPS) is 19.8. The number of hydrogen-bond acceptors (Lipinski definition) is 4. The molecule has 1 heterocycles. The third-order valence-corrected chi connectivity index (χ3v) is 6.02. The zero-order chi connectivity index (χ0) is 24.3. The predicted molar refractivity (Wildman–Crippen MR) is 119 cm³/mol. The van der Waals surface area contributed by atoms with Crippen LogP contribution in [0.2, 0.25) is 0 Å². The summed E-state index contributed by atoms with van der Waals surface area (Å²) in [5.74, 6) is -0.0170. The van der Waals surface area contributed by atoms with Crippen molar-refractivity contribution in [2.75, 3.05) is 20.2 Å². The molecular weight excluding hydrogens is 435 g/mol. The summed E-state index contributed by atoms with van der Waals surface area (Å²) in [5, 5.41) is 10.8. The van der Waals surface area contributed by atoms with Gasteiger partial charge in [-0.3, -0.25) is 4.79 Å². The van der Waals surface area contributed by atoms with Gasteiger partial charge in [-0.1, -0.05) is 26.0 Å². The van der Waals surface area contributed by atoms with Gasteiger partial charge in [0.2, 0.25) is 5.91 Å². The van der Waals surface area contributed by atoms with E-state index in [1.165, 1.54) is 31.4 Å². The number of aryl methyl sites for hydroxylation is 1. The summed E-state index contributed by atoms with van der Waals surface area (Å²) in [7, 11) is 1.48. The number of aromatic hydroxyl groups is 1. The molecule has 1 fully saturated rings. The lowest BCUT2D eigenvalue weighted by Crippen LogP contribution is -2.43. The summed E-state index contributed by atoms with van der Waals surface area (Å²) in [5.41, 5.74) is 1.60. The first-order chi connectivity index (χ1) is 15.5. The van der Waals surface area contributed by atoms with Gasteiger partial charge in [-0.25, -0.2) is 0 Å². The second-order valence-electron chi connectivity index (χ2n) is 9.00.